The Morgan fingerprint density at radius 3 is 1.29 bits per heavy atom. The molecule has 0 spiro atoms. The smallest absolute Gasteiger partial charge is 0.418 e. The maximum absolute atomic E-state index is 9.75. The third kappa shape index (κ3) is 6.24. The van der Waals surface area contributed by atoms with Crippen molar-refractivity contribution >= 4 is 42.5 Å². The van der Waals surface area contributed by atoms with Gasteiger partial charge in [0.2, 0.25) is 10.5 Å². The Kier molecular flexibility index (Phi) is 6.64. The quantitative estimate of drug-likeness (QED) is 0.434. The van der Waals surface area contributed by atoms with Crippen molar-refractivity contribution in [2.24, 2.45) is 0 Å². The Morgan fingerprint density at radius 1 is 0.929 bits per heavy atom. The van der Waals surface area contributed by atoms with Gasteiger partial charge in [0.1, 0.15) is 0 Å². The zero-order valence-electron chi connectivity index (χ0n) is 7.97. The molecule has 2 unspecified atom stereocenters. The molecule has 14 heavy (non-hydrogen) atoms. The molecule has 1 fully saturated rings. The van der Waals surface area contributed by atoms with Crippen LogP contribution in [-0.4, -0.2) is 36.5 Å². The Morgan fingerprint density at radius 2 is 1.21 bits per heavy atom. The maximum atomic E-state index is 9.75. The van der Waals surface area contributed by atoms with Crippen LogP contribution in [0.5, 0.6) is 0 Å². The summed E-state index contributed by atoms with van der Waals surface area (Å²) in [5, 5.41) is 3.39. The van der Waals surface area contributed by atoms with E-state index in [-0.39, 0.29) is 0 Å². The second-order valence-electron chi connectivity index (χ2n) is 2.41. The van der Waals surface area contributed by atoms with Gasteiger partial charge in [-0.15, -0.1) is 23.5 Å². The molecular formula is C6H11BF4S3. The number of hydrogen-bond acceptors (Lipinski definition) is 3. The van der Waals surface area contributed by atoms with Crippen molar-refractivity contribution in [2.45, 2.75) is 10.5 Å². The van der Waals surface area contributed by atoms with E-state index in [9.17, 15) is 17.3 Å². The van der Waals surface area contributed by atoms with Gasteiger partial charge < -0.3 is 17.3 Å². The molecule has 1 aliphatic rings. The average molecular weight is 266 g/mol. The van der Waals surface area contributed by atoms with E-state index in [2.05, 4.69) is 18.8 Å². The van der Waals surface area contributed by atoms with E-state index in [0.29, 0.717) is 0 Å². The van der Waals surface area contributed by atoms with E-state index >= 15 is 0 Å². The molecule has 84 valence electrons. The zero-order chi connectivity index (χ0) is 11.4. The first-order valence-corrected chi connectivity index (χ1v) is 7.48. The zero-order valence-corrected chi connectivity index (χ0v) is 10.4. The van der Waals surface area contributed by atoms with Gasteiger partial charge in [0.05, 0.1) is 11.8 Å². The average Bonchev–Trinajstić information content (AvgIpc) is 2.73. The number of halogens is 4. The van der Waals surface area contributed by atoms with Gasteiger partial charge in [-0.05, 0) is 12.5 Å². The summed E-state index contributed by atoms with van der Waals surface area (Å²) in [7, 11) is -6.00. The summed E-state index contributed by atoms with van der Waals surface area (Å²) >= 11 is 5.89. The normalized spacial score (nSPS) is 25.5. The molecule has 0 bridgehead atoms. The van der Waals surface area contributed by atoms with Crippen molar-refractivity contribution < 1.29 is 17.3 Å². The van der Waals surface area contributed by atoms with Crippen LogP contribution in [0.25, 0.3) is 0 Å². The molecule has 0 saturated heterocycles. The molecule has 1 saturated carbocycles. The summed E-state index contributed by atoms with van der Waals surface area (Å²) in [5.74, 6) is 0. The molecular weight excluding hydrogens is 255 g/mol. The minimum absolute atomic E-state index is 0.856. The fourth-order valence-electron chi connectivity index (χ4n) is 0.908. The number of hydrogen-bond donors (Lipinski definition) is 0. The van der Waals surface area contributed by atoms with E-state index in [1.807, 2.05) is 35.3 Å². The fraction of sp³-hybridized carbons (Fsp3) is 0.833. The first-order valence-electron chi connectivity index (χ1n) is 3.68. The summed E-state index contributed by atoms with van der Waals surface area (Å²) in [6.45, 7) is 0. The van der Waals surface area contributed by atoms with Crippen LogP contribution in [0.3, 0.4) is 0 Å². The lowest BCUT2D eigenvalue weighted by atomic mass is 10.3. The van der Waals surface area contributed by atoms with Gasteiger partial charge in [-0.3, -0.25) is 0 Å². The van der Waals surface area contributed by atoms with Crippen molar-refractivity contribution in [3.8, 4) is 0 Å². The van der Waals surface area contributed by atoms with E-state index < -0.39 is 7.25 Å². The number of thioether (sulfide) groups is 3. The van der Waals surface area contributed by atoms with Crippen LogP contribution in [0.15, 0.2) is 0 Å². The van der Waals surface area contributed by atoms with Crippen LogP contribution in [-0.2, 0) is 0 Å². The third-order valence-corrected chi connectivity index (χ3v) is 4.99. The van der Waals surface area contributed by atoms with Crippen LogP contribution in [0.1, 0.15) is 0 Å². The van der Waals surface area contributed by atoms with Crippen LogP contribution in [0, 0.1) is 5.25 Å². The Hall–Kier alpha value is 0.705. The maximum Gasteiger partial charge on any atom is 0.673 e. The summed E-state index contributed by atoms with van der Waals surface area (Å²) < 4.78 is 39.0. The lowest BCUT2D eigenvalue weighted by Gasteiger charge is -1.94. The van der Waals surface area contributed by atoms with E-state index in [1.54, 1.807) is 5.25 Å². The molecule has 2 atom stereocenters. The van der Waals surface area contributed by atoms with E-state index in [4.69, 9.17) is 0 Å². The minimum atomic E-state index is -6.00. The first-order chi connectivity index (χ1) is 6.35. The van der Waals surface area contributed by atoms with Crippen molar-refractivity contribution in [3.63, 3.8) is 0 Å². The lowest BCUT2D eigenvalue weighted by Crippen LogP contribution is -2.02. The molecule has 0 radical (unpaired) electrons. The highest BCUT2D eigenvalue weighted by atomic mass is 32.2. The highest BCUT2D eigenvalue weighted by molar-refractivity contribution is 8.10. The largest absolute Gasteiger partial charge is 0.673 e. The number of rotatable bonds is 3. The van der Waals surface area contributed by atoms with E-state index in [1.165, 1.54) is 0 Å². The Balaban J connectivity index is 0.000000292. The second kappa shape index (κ2) is 6.32. The van der Waals surface area contributed by atoms with Gasteiger partial charge >= 0.3 is 7.25 Å². The fourth-order valence-corrected chi connectivity index (χ4v) is 5.04. The standard InChI is InChI=1S/C6H11S3.BF4/c1-7-4-5(8-2)6(4)9-3;2-1(3,4)5/h4-5H,1-3H3;/q+1;-1. The van der Waals surface area contributed by atoms with Gasteiger partial charge in [0.25, 0.3) is 0 Å². The molecule has 0 amide bonds. The van der Waals surface area contributed by atoms with Gasteiger partial charge in [0.15, 0.2) is 5.25 Å². The Bertz CT molecular complexity index is 135. The molecule has 0 N–H and O–H groups in total. The molecule has 0 nitrogen and oxygen atoms in total. The summed E-state index contributed by atoms with van der Waals surface area (Å²) in [6, 6.07) is 0. The summed E-state index contributed by atoms with van der Waals surface area (Å²) in [6.07, 6.45) is 6.56. The second-order valence-corrected chi connectivity index (χ2v) is 5.25. The molecule has 0 aliphatic heterocycles. The molecule has 0 heterocycles. The van der Waals surface area contributed by atoms with Crippen molar-refractivity contribution in [1.82, 2.24) is 0 Å². The monoisotopic (exact) mass is 266 g/mol. The SMILES string of the molecule is CS[C+]1C(SC)C1SC.F[B-](F)(F)F. The topological polar surface area (TPSA) is 0 Å². The minimum Gasteiger partial charge on any atom is -0.418 e. The van der Waals surface area contributed by atoms with Crippen LogP contribution < -0.4 is 0 Å². The van der Waals surface area contributed by atoms with E-state index in [0.717, 1.165) is 10.5 Å². The highest BCUT2D eigenvalue weighted by Gasteiger charge is 2.64. The van der Waals surface area contributed by atoms with Crippen LogP contribution in [0.2, 0.25) is 0 Å². The molecule has 0 aromatic carbocycles. The third-order valence-electron chi connectivity index (χ3n) is 1.47. The summed E-state index contributed by atoms with van der Waals surface area (Å²) in [5.41, 5.74) is 0. The van der Waals surface area contributed by atoms with Gasteiger partial charge in [-0.1, -0.05) is 0 Å². The molecule has 0 aromatic heterocycles. The van der Waals surface area contributed by atoms with Crippen LogP contribution >= 0.6 is 35.3 Å². The van der Waals surface area contributed by atoms with Gasteiger partial charge in [-0.25, -0.2) is 0 Å². The Labute approximate surface area is 94.5 Å². The molecule has 1 rings (SSSR count). The molecule has 1 aliphatic carbocycles. The first kappa shape index (κ1) is 14.7. The molecule has 8 heteroatoms. The van der Waals surface area contributed by atoms with Crippen molar-refractivity contribution in [2.75, 3.05) is 18.8 Å². The van der Waals surface area contributed by atoms with Crippen molar-refractivity contribution in [1.29, 1.82) is 0 Å². The summed E-state index contributed by atoms with van der Waals surface area (Å²) in [4.78, 5) is 0. The lowest BCUT2D eigenvalue weighted by molar-refractivity contribution is 0.368. The molecule has 0 aromatic rings. The van der Waals surface area contributed by atoms with Crippen molar-refractivity contribution in [3.05, 3.63) is 5.25 Å². The highest BCUT2D eigenvalue weighted by Crippen LogP contribution is 2.55. The predicted octanol–water partition coefficient (Wildman–Crippen LogP) is 3.66. The van der Waals surface area contributed by atoms with Gasteiger partial charge in [0, 0.05) is 6.26 Å². The van der Waals surface area contributed by atoms with Crippen LogP contribution in [0.4, 0.5) is 17.3 Å². The predicted molar refractivity (Wildman–Crippen MR) is 61.6 cm³/mol. The van der Waals surface area contributed by atoms with Gasteiger partial charge in [-0.2, -0.15) is 0 Å².